The van der Waals surface area contributed by atoms with Crippen LogP contribution in [0.15, 0.2) is 9.85 Å². The smallest absolute Gasteiger partial charge is 0.174 e. The van der Waals surface area contributed by atoms with E-state index in [9.17, 15) is 0 Å². The monoisotopic (exact) mass is 228 g/mol. The summed E-state index contributed by atoms with van der Waals surface area (Å²) in [6.07, 6.45) is 3.12. The Morgan fingerprint density at radius 3 is 3.00 bits per heavy atom. The molecule has 1 aromatic heterocycles. The highest BCUT2D eigenvalue weighted by Crippen LogP contribution is 2.51. The van der Waals surface area contributed by atoms with Gasteiger partial charge < -0.3 is 5.73 Å². The summed E-state index contributed by atoms with van der Waals surface area (Å²) < 4.78 is 1.01. The number of rotatable bonds is 5. The van der Waals surface area contributed by atoms with Gasteiger partial charge in [0.05, 0.1) is 5.84 Å². The lowest BCUT2D eigenvalue weighted by atomic mass is 10.1. The molecule has 0 unspecified atom stereocenters. The Labute approximate surface area is 90.8 Å². The fraction of sp³-hybridized carbons (Fsp3) is 0.625. The van der Waals surface area contributed by atoms with E-state index in [2.05, 4.69) is 10.2 Å². The second-order valence-corrected chi connectivity index (χ2v) is 5.75. The third kappa shape index (κ3) is 2.45. The van der Waals surface area contributed by atoms with Crippen molar-refractivity contribution in [1.82, 2.24) is 10.2 Å². The van der Waals surface area contributed by atoms with Gasteiger partial charge >= 0.3 is 0 Å². The minimum absolute atomic E-state index is 0.294. The van der Waals surface area contributed by atoms with Crippen LogP contribution in [0, 0.1) is 10.8 Å². The Balaban J connectivity index is 1.83. The second kappa shape index (κ2) is 3.86. The average molecular weight is 228 g/mol. The molecule has 1 aromatic rings. The number of thioether (sulfide) groups is 1. The highest BCUT2D eigenvalue weighted by atomic mass is 32.2. The molecular weight excluding hydrogens is 216 g/mol. The minimum Gasteiger partial charge on any atom is -0.388 e. The summed E-state index contributed by atoms with van der Waals surface area (Å²) >= 11 is 3.30. The van der Waals surface area contributed by atoms with Crippen molar-refractivity contribution in [3.63, 3.8) is 0 Å². The van der Waals surface area contributed by atoms with E-state index in [1.807, 2.05) is 0 Å². The maximum Gasteiger partial charge on any atom is 0.174 e. The van der Waals surface area contributed by atoms with Crippen LogP contribution >= 0.6 is 23.1 Å². The molecule has 0 bridgehead atoms. The van der Waals surface area contributed by atoms with Crippen molar-refractivity contribution < 1.29 is 0 Å². The lowest BCUT2D eigenvalue weighted by Crippen LogP contribution is -2.17. The summed E-state index contributed by atoms with van der Waals surface area (Å²) in [6.45, 7) is 0. The first-order valence-corrected chi connectivity index (χ1v) is 6.29. The SMILES string of the molecule is N=C(N)CC1(CSc2nncs2)CC1. The lowest BCUT2D eigenvalue weighted by molar-refractivity contribution is 0.612. The first-order chi connectivity index (χ1) is 6.70. The van der Waals surface area contributed by atoms with Gasteiger partial charge in [0.15, 0.2) is 4.34 Å². The standard InChI is InChI=1S/C8H12N4S2/c9-6(10)3-8(1-2-8)4-13-7-12-11-5-14-7/h5H,1-4H2,(H3,9,10). The fourth-order valence-electron chi connectivity index (χ4n) is 1.39. The predicted molar refractivity (Wildman–Crippen MR) is 58.8 cm³/mol. The lowest BCUT2D eigenvalue weighted by Gasteiger charge is -2.11. The van der Waals surface area contributed by atoms with Crippen LogP contribution in [0.25, 0.3) is 0 Å². The predicted octanol–water partition coefficient (Wildman–Crippen LogP) is 1.74. The molecule has 2 rings (SSSR count). The second-order valence-electron chi connectivity index (χ2n) is 3.70. The van der Waals surface area contributed by atoms with Crippen molar-refractivity contribution in [2.45, 2.75) is 23.6 Å². The Morgan fingerprint density at radius 1 is 1.71 bits per heavy atom. The number of nitrogens with one attached hydrogen (secondary N) is 1. The van der Waals surface area contributed by atoms with E-state index >= 15 is 0 Å². The van der Waals surface area contributed by atoms with Gasteiger partial charge in [0.25, 0.3) is 0 Å². The molecule has 4 nitrogen and oxygen atoms in total. The summed E-state index contributed by atoms with van der Waals surface area (Å²) in [4.78, 5) is 0. The van der Waals surface area contributed by atoms with Gasteiger partial charge in [0, 0.05) is 12.2 Å². The number of amidine groups is 1. The summed E-state index contributed by atoms with van der Waals surface area (Å²) in [7, 11) is 0. The van der Waals surface area contributed by atoms with E-state index < -0.39 is 0 Å². The summed E-state index contributed by atoms with van der Waals surface area (Å²) in [6, 6.07) is 0. The zero-order chi connectivity index (χ0) is 10.0. The summed E-state index contributed by atoms with van der Waals surface area (Å²) in [5, 5.41) is 15.0. The molecule has 0 aliphatic heterocycles. The Hall–Kier alpha value is -0.620. The highest BCUT2D eigenvalue weighted by molar-refractivity contribution is 8.01. The zero-order valence-electron chi connectivity index (χ0n) is 7.69. The molecule has 1 aliphatic rings. The first-order valence-electron chi connectivity index (χ1n) is 4.42. The quantitative estimate of drug-likeness (QED) is 0.457. The Bertz CT molecular complexity index is 318. The molecule has 76 valence electrons. The molecule has 1 fully saturated rings. The third-order valence-electron chi connectivity index (χ3n) is 2.36. The van der Waals surface area contributed by atoms with Crippen LogP contribution < -0.4 is 5.73 Å². The van der Waals surface area contributed by atoms with Crippen molar-refractivity contribution in [3.8, 4) is 0 Å². The number of hydrogen-bond donors (Lipinski definition) is 2. The van der Waals surface area contributed by atoms with Gasteiger partial charge in [-0.2, -0.15) is 0 Å². The van der Waals surface area contributed by atoms with E-state index in [1.165, 1.54) is 12.8 Å². The third-order valence-corrected chi connectivity index (χ3v) is 4.57. The van der Waals surface area contributed by atoms with Crippen molar-refractivity contribution in [2.75, 3.05) is 5.75 Å². The number of aromatic nitrogens is 2. The zero-order valence-corrected chi connectivity index (χ0v) is 9.33. The largest absolute Gasteiger partial charge is 0.388 e. The van der Waals surface area contributed by atoms with E-state index in [0.717, 1.165) is 16.5 Å². The van der Waals surface area contributed by atoms with Gasteiger partial charge in [-0.1, -0.05) is 23.1 Å². The van der Waals surface area contributed by atoms with Crippen molar-refractivity contribution in [2.24, 2.45) is 11.1 Å². The average Bonchev–Trinajstić information content (AvgIpc) is 2.68. The number of nitrogens with two attached hydrogens (primary N) is 1. The molecule has 6 heteroatoms. The van der Waals surface area contributed by atoms with Crippen LogP contribution in [0.3, 0.4) is 0 Å². The summed E-state index contributed by atoms with van der Waals surface area (Å²) in [5.74, 6) is 1.32. The van der Waals surface area contributed by atoms with Gasteiger partial charge in [-0.3, -0.25) is 5.41 Å². The van der Waals surface area contributed by atoms with Crippen LogP contribution in [0.1, 0.15) is 19.3 Å². The molecule has 0 radical (unpaired) electrons. The van der Waals surface area contributed by atoms with Crippen LogP contribution in [0.4, 0.5) is 0 Å². The van der Waals surface area contributed by atoms with Crippen LogP contribution in [-0.2, 0) is 0 Å². The highest BCUT2D eigenvalue weighted by Gasteiger charge is 2.43. The molecule has 0 aromatic carbocycles. The molecule has 1 aliphatic carbocycles. The van der Waals surface area contributed by atoms with Crippen LogP contribution in [0.5, 0.6) is 0 Å². The van der Waals surface area contributed by atoms with Crippen LogP contribution in [0.2, 0.25) is 0 Å². The Kier molecular flexibility index (Phi) is 2.73. The molecule has 14 heavy (non-hydrogen) atoms. The molecule has 0 saturated heterocycles. The van der Waals surface area contributed by atoms with Crippen molar-refractivity contribution in [3.05, 3.63) is 5.51 Å². The fourth-order valence-corrected chi connectivity index (χ4v) is 3.18. The molecular formula is C8H12N4S2. The molecule has 1 heterocycles. The maximum absolute atomic E-state index is 7.29. The number of nitrogens with zero attached hydrogens (tertiary/aromatic N) is 2. The molecule has 3 N–H and O–H groups in total. The minimum atomic E-state index is 0.294. The molecule has 0 atom stereocenters. The van der Waals surface area contributed by atoms with E-state index in [1.54, 1.807) is 28.6 Å². The molecule has 0 spiro atoms. The van der Waals surface area contributed by atoms with Crippen molar-refractivity contribution >= 4 is 28.9 Å². The van der Waals surface area contributed by atoms with Gasteiger partial charge in [-0.25, -0.2) is 0 Å². The Morgan fingerprint density at radius 2 is 2.50 bits per heavy atom. The summed E-state index contributed by atoms with van der Waals surface area (Å²) in [5.41, 5.74) is 7.45. The first kappa shape index (κ1) is 9.92. The van der Waals surface area contributed by atoms with Crippen molar-refractivity contribution in [1.29, 1.82) is 5.41 Å². The van der Waals surface area contributed by atoms with E-state index in [4.69, 9.17) is 11.1 Å². The van der Waals surface area contributed by atoms with Gasteiger partial charge in [-0.05, 0) is 18.3 Å². The molecule has 1 saturated carbocycles. The molecule has 0 amide bonds. The normalized spacial score (nSPS) is 18.0. The van der Waals surface area contributed by atoms with E-state index in [-0.39, 0.29) is 0 Å². The van der Waals surface area contributed by atoms with Gasteiger partial charge in [0.2, 0.25) is 0 Å². The van der Waals surface area contributed by atoms with Crippen LogP contribution in [-0.4, -0.2) is 21.8 Å². The van der Waals surface area contributed by atoms with Gasteiger partial charge in [0.1, 0.15) is 5.51 Å². The van der Waals surface area contributed by atoms with Gasteiger partial charge in [-0.15, -0.1) is 10.2 Å². The topological polar surface area (TPSA) is 75.7 Å². The maximum atomic E-state index is 7.29. The van der Waals surface area contributed by atoms with E-state index in [0.29, 0.717) is 11.3 Å². The number of hydrogen-bond acceptors (Lipinski definition) is 5.